The van der Waals surface area contributed by atoms with Gasteiger partial charge in [0.2, 0.25) is 0 Å². The Kier molecular flexibility index (Phi) is 3.07. The maximum absolute atomic E-state index is 12.2. The lowest BCUT2D eigenvalue weighted by Crippen LogP contribution is -2.12. The van der Waals surface area contributed by atoms with Gasteiger partial charge in [0, 0.05) is 6.42 Å². The van der Waals surface area contributed by atoms with Crippen molar-refractivity contribution in [3.05, 3.63) is 23.9 Å². The average molecular weight is 200 g/mol. The Morgan fingerprint density at radius 2 is 2.14 bits per heavy atom. The molecular weight excluding hydrogens is 193 g/mol. The summed E-state index contributed by atoms with van der Waals surface area (Å²) in [5, 5.41) is 8.49. The third kappa shape index (κ3) is 2.73. The Morgan fingerprint density at radius 1 is 1.43 bits per heavy atom. The van der Waals surface area contributed by atoms with Gasteiger partial charge in [0.05, 0.1) is 0 Å². The zero-order valence-electron chi connectivity index (χ0n) is 7.17. The summed E-state index contributed by atoms with van der Waals surface area (Å²) in [6.45, 7) is 0. The molecule has 0 bridgehead atoms. The quantitative estimate of drug-likeness (QED) is 0.592. The Hall–Kier alpha value is -1.57. The molecule has 1 heterocycles. The van der Waals surface area contributed by atoms with Crippen molar-refractivity contribution in [1.29, 1.82) is 5.26 Å². The minimum absolute atomic E-state index is 0.0853. The minimum atomic E-state index is -4.50. The number of alkyl halides is 3. The molecule has 0 aromatic rings. The van der Waals surface area contributed by atoms with Gasteiger partial charge in [0.1, 0.15) is 17.5 Å². The first-order valence-electron chi connectivity index (χ1n) is 3.95. The summed E-state index contributed by atoms with van der Waals surface area (Å²) in [4.78, 5) is 3.27. The lowest BCUT2D eigenvalue weighted by atomic mass is 10.2. The van der Waals surface area contributed by atoms with E-state index in [1.165, 1.54) is 6.08 Å². The molecule has 74 valence electrons. The molecule has 0 atom stereocenters. The van der Waals surface area contributed by atoms with E-state index in [1.54, 1.807) is 12.1 Å². The minimum Gasteiger partial charge on any atom is -0.237 e. The van der Waals surface area contributed by atoms with Crippen LogP contribution in [0.1, 0.15) is 12.8 Å². The van der Waals surface area contributed by atoms with E-state index in [0.29, 0.717) is 6.42 Å². The van der Waals surface area contributed by atoms with Gasteiger partial charge in [-0.2, -0.15) is 18.4 Å². The molecule has 0 saturated heterocycles. The van der Waals surface area contributed by atoms with Gasteiger partial charge < -0.3 is 0 Å². The average Bonchev–Trinajstić information content (AvgIpc) is 2.01. The predicted octanol–water partition coefficient (Wildman–Crippen LogP) is 2.75. The van der Waals surface area contributed by atoms with Gasteiger partial charge >= 0.3 is 6.18 Å². The number of aliphatic imine (C=N–C) groups is 1. The molecule has 0 spiro atoms. The van der Waals surface area contributed by atoms with Gasteiger partial charge in [0.15, 0.2) is 0 Å². The Morgan fingerprint density at radius 3 is 2.71 bits per heavy atom. The van der Waals surface area contributed by atoms with E-state index in [4.69, 9.17) is 5.26 Å². The molecule has 0 amide bonds. The molecule has 0 unspecified atom stereocenters. The summed E-state index contributed by atoms with van der Waals surface area (Å²) >= 11 is 0. The molecular formula is C9H7F3N2. The van der Waals surface area contributed by atoms with Gasteiger partial charge in [-0.05, 0) is 12.5 Å². The molecule has 14 heavy (non-hydrogen) atoms. The van der Waals surface area contributed by atoms with Gasteiger partial charge in [-0.1, -0.05) is 12.2 Å². The van der Waals surface area contributed by atoms with E-state index in [2.05, 4.69) is 4.99 Å². The zero-order valence-corrected chi connectivity index (χ0v) is 7.17. The highest BCUT2D eigenvalue weighted by Gasteiger charge is 2.33. The molecule has 2 nitrogen and oxygen atoms in total. The molecule has 5 heteroatoms. The third-order valence-corrected chi connectivity index (χ3v) is 1.61. The molecule has 1 aliphatic rings. The first kappa shape index (κ1) is 10.5. The van der Waals surface area contributed by atoms with Gasteiger partial charge in [0.25, 0.3) is 0 Å². The van der Waals surface area contributed by atoms with E-state index in [0.717, 1.165) is 6.08 Å². The monoisotopic (exact) mass is 200 g/mol. The van der Waals surface area contributed by atoms with Crippen LogP contribution in [0, 0.1) is 11.3 Å². The first-order valence-corrected chi connectivity index (χ1v) is 3.95. The van der Waals surface area contributed by atoms with E-state index in [1.807, 2.05) is 0 Å². The molecule has 1 rings (SSSR count). The Bertz CT molecular complexity index is 342. The largest absolute Gasteiger partial charge is 0.433 e. The fourth-order valence-electron chi connectivity index (χ4n) is 0.953. The molecule has 0 saturated carbocycles. The number of allylic oxidation sites excluding steroid dienone is 4. The fraction of sp³-hybridized carbons (Fsp3) is 0.333. The van der Waals surface area contributed by atoms with E-state index in [-0.39, 0.29) is 12.1 Å². The molecule has 0 fully saturated rings. The van der Waals surface area contributed by atoms with Crippen LogP contribution in [-0.4, -0.2) is 11.9 Å². The summed E-state index contributed by atoms with van der Waals surface area (Å²) in [5.41, 5.74) is -1.11. The van der Waals surface area contributed by atoms with E-state index >= 15 is 0 Å². The van der Waals surface area contributed by atoms with Crippen molar-refractivity contribution in [2.45, 2.75) is 19.0 Å². The number of nitrogens with zero attached hydrogens (tertiary/aromatic N) is 2. The topological polar surface area (TPSA) is 36.1 Å². The van der Waals surface area contributed by atoms with Crippen molar-refractivity contribution in [1.82, 2.24) is 0 Å². The lowest BCUT2D eigenvalue weighted by Gasteiger charge is -2.07. The lowest BCUT2D eigenvalue weighted by molar-refractivity contribution is -0.0923. The van der Waals surface area contributed by atoms with Crippen molar-refractivity contribution in [2.75, 3.05) is 0 Å². The summed E-state index contributed by atoms with van der Waals surface area (Å²) in [6, 6.07) is 1.65. The normalized spacial score (nSPS) is 23.6. The molecule has 1 aliphatic heterocycles. The first-order chi connectivity index (χ1) is 6.54. The van der Waals surface area contributed by atoms with Crippen molar-refractivity contribution >= 4 is 5.71 Å². The highest BCUT2D eigenvalue weighted by molar-refractivity contribution is 5.99. The molecule has 0 N–H and O–H groups in total. The summed E-state index contributed by atoms with van der Waals surface area (Å²) in [5.74, 6) is 0. The summed E-state index contributed by atoms with van der Waals surface area (Å²) < 4.78 is 36.7. The van der Waals surface area contributed by atoms with Gasteiger partial charge in [-0.3, -0.25) is 0 Å². The number of rotatable bonds is 0. The number of hydrogen-bond acceptors (Lipinski definition) is 2. The van der Waals surface area contributed by atoms with Crippen molar-refractivity contribution < 1.29 is 13.2 Å². The van der Waals surface area contributed by atoms with Gasteiger partial charge in [-0.15, -0.1) is 0 Å². The van der Waals surface area contributed by atoms with Crippen LogP contribution in [0.4, 0.5) is 13.2 Å². The number of hydrogen-bond donors (Lipinski definition) is 0. The SMILES string of the molecule is N#CC1=N/C(C(F)(F)F)=C\C=C/CC1. The second kappa shape index (κ2) is 4.09. The Labute approximate surface area is 79.1 Å². The smallest absolute Gasteiger partial charge is 0.237 e. The van der Waals surface area contributed by atoms with Crippen LogP contribution in [0.3, 0.4) is 0 Å². The van der Waals surface area contributed by atoms with Crippen LogP contribution in [0.2, 0.25) is 0 Å². The van der Waals surface area contributed by atoms with Crippen LogP contribution in [0.5, 0.6) is 0 Å². The molecule has 0 radical (unpaired) electrons. The van der Waals surface area contributed by atoms with E-state index in [9.17, 15) is 13.2 Å². The van der Waals surface area contributed by atoms with Crippen LogP contribution in [0.25, 0.3) is 0 Å². The maximum atomic E-state index is 12.2. The molecule has 0 aromatic carbocycles. The third-order valence-electron chi connectivity index (χ3n) is 1.61. The number of halogens is 3. The van der Waals surface area contributed by atoms with Crippen molar-refractivity contribution in [2.24, 2.45) is 4.99 Å². The van der Waals surface area contributed by atoms with Crippen LogP contribution in [-0.2, 0) is 0 Å². The highest BCUT2D eigenvalue weighted by atomic mass is 19.4. The van der Waals surface area contributed by atoms with Crippen LogP contribution < -0.4 is 0 Å². The standard InChI is InChI=1S/C9H7F3N2/c10-9(11,12)8-5-3-1-2-4-7(6-13)14-8/h1,3,5H,2,4H2/b3-1-,8-5-,14-7?. The predicted molar refractivity (Wildman–Crippen MR) is 45.6 cm³/mol. The van der Waals surface area contributed by atoms with Gasteiger partial charge in [-0.25, -0.2) is 4.99 Å². The van der Waals surface area contributed by atoms with Crippen LogP contribution in [0.15, 0.2) is 28.9 Å². The van der Waals surface area contributed by atoms with Crippen molar-refractivity contribution in [3.63, 3.8) is 0 Å². The summed E-state index contributed by atoms with van der Waals surface area (Å²) in [7, 11) is 0. The van der Waals surface area contributed by atoms with Crippen LogP contribution >= 0.6 is 0 Å². The second-order valence-electron chi connectivity index (χ2n) is 2.69. The highest BCUT2D eigenvalue weighted by Crippen LogP contribution is 2.27. The maximum Gasteiger partial charge on any atom is 0.433 e. The van der Waals surface area contributed by atoms with E-state index < -0.39 is 11.9 Å². The Balaban J connectivity index is 3.06. The fourth-order valence-corrected chi connectivity index (χ4v) is 0.953. The second-order valence-corrected chi connectivity index (χ2v) is 2.69. The number of nitriles is 1. The summed E-state index contributed by atoms with van der Waals surface area (Å²) in [6.07, 6.45) is 0.0486. The molecule has 0 aliphatic carbocycles. The molecule has 0 aromatic heterocycles. The zero-order chi connectivity index (χ0) is 10.6. The van der Waals surface area contributed by atoms with Crippen molar-refractivity contribution in [3.8, 4) is 6.07 Å².